The predicted molar refractivity (Wildman–Crippen MR) is 191 cm³/mol. The highest BCUT2D eigenvalue weighted by molar-refractivity contribution is 6.39. The zero-order valence-corrected chi connectivity index (χ0v) is 28.2. The van der Waals surface area contributed by atoms with E-state index in [1.54, 1.807) is 26.4 Å². The predicted octanol–water partition coefficient (Wildman–Crippen LogP) is 6.68. The van der Waals surface area contributed by atoms with Crippen LogP contribution in [0.2, 0.25) is 0 Å². The van der Waals surface area contributed by atoms with Gasteiger partial charge in [0.25, 0.3) is 0 Å². The van der Waals surface area contributed by atoms with Crippen LogP contribution in [-0.2, 0) is 30.0 Å². The molecule has 0 unspecified atom stereocenters. The highest BCUT2D eigenvalue weighted by Gasteiger charge is 2.82. The third-order valence-electron chi connectivity index (χ3n) is 10.8. The third-order valence-corrected chi connectivity index (χ3v) is 10.8. The molecule has 2 bridgehead atoms. The summed E-state index contributed by atoms with van der Waals surface area (Å²) in [4.78, 5) is 59.8. The zero-order chi connectivity index (χ0) is 35.5. The SMILES string of the molecule is COC(=O)c1ccc(N2C(=O)[C@H]3[C@H](C2=O)[C@@]2(c4ccccc4)C(=O)[C@@]3(c3ccccc3)C(c3ccc(OC)cc3)=C2c2ccc(OC)cc2)cc1. The number of nitrogens with zero attached hydrogens (tertiary/aromatic N) is 1. The van der Waals surface area contributed by atoms with Gasteiger partial charge < -0.3 is 14.2 Å². The Labute approximate surface area is 294 Å². The van der Waals surface area contributed by atoms with Gasteiger partial charge in [-0.25, -0.2) is 9.69 Å². The van der Waals surface area contributed by atoms with Crippen molar-refractivity contribution in [2.45, 2.75) is 10.8 Å². The van der Waals surface area contributed by atoms with Gasteiger partial charge in [0.15, 0.2) is 5.78 Å². The molecule has 51 heavy (non-hydrogen) atoms. The Kier molecular flexibility index (Phi) is 7.49. The molecule has 1 saturated heterocycles. The molecule has 0 radical (unpaired) electrons. The van der Waals surface area contributed by atoms with E-state index in [0.29, 0.717) is 39.5 Å². The zero-order valence-electron chi connectivity index (χ0n) is 28.2. The van der Waals surface area contributed by atoms with E-state index in [9.17, 15) is 4.79 Å². The van der Waals surface area contributed by atoms with Crippen molar-refractivity contribution in [1.82, 2.24) is 0 Å². The summed E-state index contributed by atoms with van der Waals surface area (Å²) in [6.07, 6.45) is 0. The van der Waals surface area contributed by atoms with Crippen molar-refractivity contribution in [3.63, 3.8) is 0 Å². The number of amides is 2. The lowest BCUT2D eigenvalue weighted by Gasteiger charge is -2.39. The molecule has 8 nitrogen and oxygen atoms in total. The van der Waals surface area contributed by atoms with E-state index in [0.717, 1.165) is 11.1 Å². The number of anilines is 1. The van der Waals surface area contributed by atoms with Gasteiger partial charge in [0.1, 0.15) is 11.5 Å². The van der Waals surface area contributed by atoms with Crippen LogP contribution in [0.3, 0.4) is 0 Å². The van der Waals surface area contributed by atoms with Gasteiger partial charge in [-0.3, -0.25) is 14.4 Å². The molecular formula is C43H33NO7. The molecule has 3 aliphatic rings. The van der Waals surface area contributed by atoms with Crippen molar-refractivity contribution in [3.8, 4) is 11.5 Å². The number of methoxy groups -OCH3 is 3. The monoisotopic (exact) mass is 675 g/mol. The first-order valence-electron chi connectivity index (χ1n) is 16.6. The number of hydrogen-bond acceptors (Lipinski definition) is 7. The molecule has 0 aromatic heterocycles. The number of hydrogen-bond donors (Lipinski definition) is 0. The average Bonchev–Trinajstić information content (AvgIpc) is 3.70. The molecule has 8 rings (SSSR count). The van der Waals surface area contributed by atoms with Crippen LogP contribution in [0.15, 0.2) is 133 Å². The van der Waals surface area contributed by atoms with Crippen LogP contribution in [0.1, 0.15) is 32.6 Å². The van der Waals surface area contributed by atoms with Crippen molar-refractivity contribution in [2.75, 3.05) is 26.2 Å². The summed E-state index contributed by atoms with van der Waals surface area (Å²) in [6.45, 7) is 0. The Hall–Kier alpha value is -6.28. The highest BCUT2D eigenvalue weighted by Crippen LogP contribution is 2.74. The summed E-state index contributed by atoms with van der Waals surface area (Å²) in [7, 11) is 4.47. The standard InChI is InChI=1S/C43H33NO7/c1-49-32-22-16-26(17-23-32)34-35(27-18-24-33(50-2)25-19-27)43(30-12-8-5-9-13-30)37-36(42(34,41(43)48)29-10-6-4-7-11-29)38(45)44(39(37)46)31-20-14-28(15-21-31)40(47)51-3/h4-25,36-37H,1-3H3/t36-,37-,42+,43+/m1/s1. The number of carbonyl (C=O) groups is 4. The molecule has 8 heteroatoms. The van der Waals surface area contributed by atoms with Crippen LogP contribution in [0.5, 0.6) is 11.5 Å². The average molecular weight is 676 g/mol. The summed E-state index contributed by atoms with van der Waals surface area (Å²) in [6, 6.07) is 39.9. The number of Topliss-reactive ketones (excluding diaryl/α,β-unsaturated/α-hetero) is 1. The van der Waals surface area contributed by atoms with E-state index in [4.69, 9.17) is 14.2 Å². The molecule has 2 fully saturated rings. The first-order valence-corrected chi connectivity index (χ1v) is 16.6. The lowest BCUT2D eigenvalue weighted by atomic mass is 9.59. The van der Waals surface area contributed by atoms with Gasteiger partial charge in [0.05, 0.1) is 55.2 Å². The maximum absolute atomic E-state index is 16.1. The van der Waals surface area contributed by atoms with E-state index in [1.165, 1.54) is 24.1 Å². The number of fused-ring (bicyclic) bond motifs is 5. The number of benzene rings is 5. The number of carbonyl (C=O) groups excluding carboxylic acids is 4. The molecule has 2 aliphatic carbocycles. The number of imide groups is 1. The molecule has 5 aromatic carbocycles. The second kappa shape index (κ2) is 11.9. The Morgan fingerprint density at radius 1 is 0.549 bits per heavy atom. The fourth-order valence-corrected chi connectivity index (χ4v) is 8.76. The van der Waals surface area contributed by atoms with Crippen LogP contribution in [0, 0.1) is 11.8 Å². The van der Waals surface area contributed by atoms with Crippen molar-refractivity contribution >= 4 is 40.4 Å². The van der Waals surface area contributed by atoms with Gasteiger partial charge in [-0.1, -0.05) is 84.9 Å². The number of ketones is 1. The van der Waals surface area contributed by atoms with Crippen LogP contribution < -0.4 is 14.4 Å². The molecule has 0 N–H and O–H groups in total. The van der Waals surface area contributed by atoms with Gasteiger partial charge >= 0.3 is 5.97 Å². The second-order valence-electron chi connectivity index (χ2n) is 12.9. The molecule has 1 saturated carbocycles. The van der Waals surface area contributed by atoms with Crippen LogP contribution in [0.25, 0.3) is 11.1 Å². The fourth-order valence-electron chi connectivity index (χ4n) is 8.76. The van der Waals surface area contributed by atoms with Crippen molar-refractivity contribution in [2.24, 2.45) is 11.8 Å². The summed E-state index contributed by atoms with van der Waals surface area (Å²) >= 11 is 0. The number of allylic oxidation sites excluding steroid dienone is 2. The van der Waals surface area contributed by atoms with Gasteiger partial charge in [0, 0.05) is 0 Å². The van der Waals surface area contributed by atoms with Crippen molar-refractivity contribution < 1.29 is 33.4 Å². The van der Waals surface area contributed by atoms with Crippen LogP contribution in [0.4, 0.5) is 5.69 Å². The van der Waals surface area contributed by atoms with E-state index in [1.807, 2.05) is 109 Å². The molecule has 5 aromatic rings. The second-order valence-corrected chi connectivity index (χ2v) is 12.9. The third kappa shape index (κ3) is 4.26. The molecule has 4 atom stereocenters. The summed E-state index contributed by atoms with van der Waals surface area (Å²) < 4.78 is 15.9. The van der Waals surface area contributed by atoms with Gasteiger partial charge in [-0.05, 0) is 81.9 Å². The lowest BCUT2D eigenvalue weighted by Crippen LogP contribution is -2.45. The van der Waals surface area contributed by atoms with Gasteiger partial charge in [0.2, 0.25) is 11.8 Å². The Balaban J connectivity index is 1.49. The minimum absolute atomic E-state index is 0.221. The first-order chi connectivity index (χ1) is 24.8. The number of rotatable bonds is 8. The normalized spacial score (nSPS) is 23.4. The summed E-state index contributed by atoms with van der Waals surface area (Å²) in [5, 5.41) is 0. The molecule has 0 spiro atoms. The maximum atomic E-state index is 16.1. The fraction of sp³-hybridized carbons (Fsp3) is 0.163. The van der Waals surface area contributed by atoms with E-state index in [2.05, 4.69) is 0 Å². The summed E-state index contributed by atoms with van der Waals surface area (Å²) in [5.74, 6) is -2.61. The first kappa shape index (κ1) is 32.0. The lowest BCUT2D eigenvalue weighted by molar-refractivity contribution is -0.130. The number of esters is 1. The number of ether oxygens (including phenoxy) is 3. The molecule has 1 heterocycles. The largest absolute Gasteiger partial charge is 0.497 e. The minimum atomic E-state index is -1.56. The van der Waals surface area contributed by atoms with E-state index >= 15 is 14.4 Å². The molecular weight excluding hydrogens is 642 g/mol. The quantitative estimate of drug-likeness (QED) is 0.134. The summed E-state index contributed by atoms with van der Waals surface area (Å²) in [5.41, 5.74) is 1.53. The van der Waals surface area contributed by atoms with Gasteiger partial charge in [-0.2, -0.15) is 0 Å². The van der Waals surface area contributed by atoms with Crippen LogP contribution >= 0.6 is 0 Å². The van der Waals surface area contributed by atoms with Gasteiger partial charge in [-0.15, -0.1) is 0 Å². The Morgan fingerprint density at radius 3 is 1.33 bits per heavy atom. The molecule has 1 aliphatic heterocycles. The van der Waals surface area contributed by atoms with Crippen molar-refractivity contribution in [1.29, 1.82) is 0 Å². The minimum Gasteiger partial charge on any atom is -0.497 e. The Morgan fingerprint density at radius 2 is 0.961 bits per heavy atom. The maximum Gasteiger partial charge on any atom is 0.337 e. The highest BCUT2D eigenvalue weighted by atomic mass is 16.5. The topological polar surface area (TPSA) is 99.2 Å². The van der Waals surface area contributed by atoms with E-state index in [-0.39, 0.29) is 11.3 Å². The Bertz CT molecular complexity index is 2100. The van der Waals surface area contributed by atoms with Crippen LogP contribution in [-0.4, -0.2) is 44.9 Å². The molecule has 2 amide bonds. The van der Waals surface area contributed by atoms with E-state index < -0.39 is 40.4 Å². The smallest absolute Gasteiger partial charge is 0.337 e. The van der Waals surface area contributed by atoms with Crippen molar-refractivity contribution in [3.05, 3.63) is 161 Å². The molecule has 252 valence electrons.